The lowest BCUT2D eigenvalue weighted by atomic mass is 9.82. The highest BCUT2D eigenvalue weighted by Gasteiger charge is 2.31. The Hall–Kier alpha value is -1.39. The van der Waals surface area contributed by atoms with Crippen LogP contribution in [0.5, 0.6) is 5.75 Å². The molecule has 3 atom stereocenters. The number of hydrogen-bond acceptors (Lipinski definition) is 4. The van der Waals surface area contributed by atoms with Gasteiger partial charge in [0.2, 0.25) is 0 Å². The van der Waals surface area contributed by atoms with Crippen molar-refractivity contribution >= 4 is 5.78 Å². The third kappa shape index (κ3) is 6.79. The maximum Gasteiger partial charge on any atom is 0.140 e. The van der Waals surface area contributed by atoms with Gasteiger partial charge in [0.05, 0.1) is 25.9 Å². The Kier molecular flexibility index (Phi) is 8.10. The quantitative estimate of drug-likeness (QED) is 0.724. The van der Waals surface area contributed by atoms with Crippen LogP contribution in [0, 0.1) is 17.3 Å². The first-order chi connectivity index (χ1) is 11.6. The minimum absolute atomic E-state index is 0.0736. The summed E-state index contributed by atoms with van der Waals surface area (Å²) >= 11 is 0. The maximum atomic E-state index is 12.2. The molecule has 1 N–H and O–H groups in total. The average molecular weight is 350 g/mol. The van der Waals surface area contributed by atoms with Gasteiger partial charge in [0.25, 0.3) is 0 Å². The van der Waals surface area contributed by atoms with Gasteiger partial charge in [-0.1, -0.05) is 53.7 Å². The van der Waals surface area contributed by atoms with Crippen molar-refractivity contribution in [3.05, 3.63) is 29.8 Å². The van der Waals surface area contributed by atoms with Gasteiger partial charge < -0.3 is 14.6 Å². The molecular formula is C21H34O4. The van der Waals surface area contributed by atoms with Crippen molar-refractivity contribution in [2.75, 3.05) is 7.11 Å². The molecule has 142 valence electrons. The predicted molar refractivity (Wildman–Crippen MR) is 101 cm³/mol. The Morgan fingerprint density at radius 3 is 2.12 bits per heavy atom. The maximum absolute atomic E-state index is 12.2. The third-order valence-electron chi connectivity index (χ3n) is 4.61. The molecule has 0 bridgehead atoms. The van der Waals surface area contributed by atoms with Crippen molar-refractivity contribution in [2.45, 2.75) is 66.8 Å². The molecule has 0 unspecified atom stereocenters. The first kappa shape index (κ1) is 21.7. The SMILES string of the molecule is COc1ccc(CO[C@H](C(C)C)[C@@H](C)[C@H](O)CC(=O)C(C)(C)C)cc1. The van der Waals surface area contributed by atoms with E-state index in [0.717, 1.165) is 11.3 Å². The second kappa shape index (κ2) is 9.35. The van der Waals surface area contributed by atoms with Crippen molar-refractivity contribution in [1.82, 2.24) is 0 Å². The molecule has 0 heterocycles. The van der Waals surface area contributed by atoms with Crippen LogP contribution in [0.4, 0.5) is 0 Å². The first-order valence-electron chi connectivity index (χ1n) is 9.02. The lowest BCUT2D eigenvalue weighted by Gasteiger charge is -2.32. The number of rotatable bonds is 9. The summed E-state index contributed by atoms with van der Waals surface area (Å²) < 4.78 is 11.3. The van der Waals surface area contributed by atoms with Gasteiger partial charge in [-0.15, -0.1) is 0 Å². The molecule has 0 radical (unpaired) electrons. The second-order valence-corrected chi connectivity index (χ2v) is 8.17. The van der Waals surface area contributed by atoms with E-state index in [4.69, 9.17) is 9.47 Å². The van der Waals surface area contributed by atoms with Crippen LogP contribution in [0.3, 0.4) is 0 Å². The van der Waals surface area contributed by atoms with E-state index in [1.165, 1.54) is 0 Å². The average Bonchev–Trinajstić information content (AvgIpc) is 2.54. The highest BCUT2D eigenvalue weighted by molar-refractivity contribution is 5.84. The fraction of sp³-hybridized carbons (Fsp3) is 0.667. The van der Waals surface area contributed by atoms with Gasteiger partial charge in [0.15, 0.2) is 0 Å². The zero-order chi connectivity index (χ0) is 19.2. The monoisotopic (exact) mass is 350 g/mol. The Morgan fingerprint density at radius 1 is 1.12 bits per heavy atom. The lowest BCUT2D eigenvalue weighted by molar-refractivity contribution is -0.130. The lowest BCUT2D eigenvalue weighted by Crippen LogP contribution is -2.38. The fourth-order valence-electron chi connectivity index (χ4n) is 2.77. The van der Waals surface area contributed by atoms with E-state index in [-0.39, 0.29) is 30.1 Å². The zero-order valence-electron chi connectivity index (χ0n) is 16.7. The van der Waals surface area contributed by atoms with E-state index in [9.17, 15) is 9.90 Å². The molecule has 0 aliphatic carbocycles. The number of ether oxygens (including phenoxy) is 2. The van der Waals surface area contributed by atoms with Crippen molar-refractivity contribution in [3.63, 3.8) is 0 Å². The largest absolute Gasteiger partial charge is 0.497 e. The van der Waals surface area contributed by atoms with Crippen LogP contribution in [0.15, 0.2) is 24.3 Å². The molecule has 0 saturated carbocycles. The normalized spacial score (nSPS) is 15.7. The molecule has 0 spiro atoms. The standard InChI is InChI=1S/C21H34O4/c1-14(2)20(15(3)18(22)12-19(23)21(4,5)6)25-13-16-8-10-17(24-7)11-9-16/h8-11,14-15,18,20,22H,12-13H2,1-7H3/t15-,18+,20+/m0/s1. The molecule has 0 aromatic heterocycles. The molecule has 0 fully saturated rings. The summed E-state index contributed by atoms with van der Waals surface area (Å²) in [5.41, 5.74) is 0.622. The van der Waals surface area contributed by atoms with E-state index >= 15 is 0 Å². The van der Waals surface area contributed by atoms with E-state index in [2.05, 4.69) is 13.8 Å². The van der Waals surface area contributed by atoms with Crippen LogP contribution in [0.25, 0.3) is 0 Å². The van der Waals surface area contributed by atoms with Crippen LogP contribution in [0.2, 0.25) is 0 Å². The third-order valence-corrected chi connectivity index (χ3v) is 4.61. The van der Waals surface area contributed by atoms with Crippen LogP contribution >= 0.6 is 0 Å². The van der Waals surface area contributed by atoms with Crippen molar-refractivity contribution < 1.29 is 19.4 Å². The van der Waals surface area contributed by atoms with Gasteiger partial charge in [0.1, 0.15) is 11.5 Å². The molecule has 0 aliphatic rings. The minimum Gasteiger partial charge on any atom is -0.497 e. The first-order valence-corrected chi connectivity index (χ1v) is 9.02. The fourth-order valence-corrected chi connectivity index (χ4v) is 2.77. The van der Waals surface area contributed by atoms with Crippen molar-refractivity contribution in [3.8, 4) is 5.75 Å². The number of aliphatic hydroxyl groups is 1. The minimum atomic E-state index is -0.699. The van der Waals surface area contributed by atoms with Gasteiger partial charge in [-0.25, -0.2) is 0 Å². The Balaban J connectivity index is 2.69. The number of carbonyl (C=O) groups excluding carboxylic acids is 1. The van der Waals surface area contributed by atoms with E-state index < -0.39 is 11.5 Å². The summed E-state index contributed by atoms with van der Waals surface area (Å²) in [6, 6.07) is 7.76. The van der Waals surface area contributed by atoms with E-state index in [1.807, 2.05) is 52.0 Å². The molecule has 0 aliphatic heterocycles. The van der Waals surface area contributed by atoms with Gasteiger partial charge in [0, 0.05) is 17.8 Å². The number of aliphatic hydroxyl groups excluding tert-OH is 1. The molecule has 1 aromatic carbocycles. The summed E-state index contributed by atoms with van der Waals surface area (Å²) in [5.74, 6) is 1.01. The summed E-state index contributed by atoms with van der Waals surface area (Å²) in [4.78, 5) is 12.2. The number of hydrogen-bond donors (Lipinski definition) is 1. The van der Waals surface area contributed by atoms with Crippen molar-refractivity contribution in [2.24, 2.45) is 17.3 Å². The van der Waals surface area contributed by atoms with Gasteiger partial charge >= 0.3 is 0 Å². The molecule has 0 amide bonds. The van der Waals surface area contributed by atoms with Gasteiger partial charge in [-0.3, -0.25) is 4.79 Å². The Morgan fingerprint density at radius 2 is 1.68 bits per heavy atom. The summed E-state index contributed by atoms with van der Waals surface area (Å²) in [5, 5.41) is 10.5. The summed E-state index contributed by atoms with van der Waals surface area (Å²) in [6.07, 6.45) is -0.653. The summed E-state index contributed by atoms with van der Waals surface area (Å²) in [6.45, 7) is 12.2. The molecule has 4 heteroatoms. The molecule has 4 nitrogen and oxygen atoms in total. The van der Waals surface area contributed by atoms with Crippen LogP contribution in [0.1, 0.15) is 53.5 Å². The smallest absolute Gasteiger partial charge is 0.140 e. The topological polar surface area (TPSA) is 55.8 Å². The molecule has 1 aromatic rings. The van der Waals surface area contributed by atoms with Gasteiger partial charge in [-0.05, 0) is 23.6 Å². The summed E-state index contributed by atoms with van der Waals surface area (Å²) in [7, 11) is 1.64. The molecule has 1 rings (SSSR count). The van der Waals surface area contributed by atoms with Crippen LogP contribution < -0.4 is 4.74 Å². The number of Topliss-reactive ketones (excluding diaryl/α,β-unsaturated/α-hetero) is 1. The van der Waals surface area contributed by atoms with Crippen LogP contribution in [-0.2, 0) is 16.1 Å². The highest BCUT2D eigenvalue weighted by atomic mass is 16.5. The number of methoxy groups -OCH3 is 1. The predicted octanol–water partition coefficient (Wildman–Crippen LogP) is 4.24. The Labute approximate surface area is 152 Å². The Bertz CT molecular complexity index is 528. The highest BCUT2D eigenvalue weighted by Crippen LogP contribution is 2.26. The molecular weight excluding hydrogens is 316 g/mol. The van der Waals surface area contributed by atoms with E-state index in [0.29, 0.717) is 6.61 Å². The number of carbonyl (C=O) groups is 1. The van der Waals surface area contributed by atoms with Crippen LogP contribution in [-0.4, -0.2) is 30.2 Å². The second-order valence-electron chi connectivity index (χ2n) is 8.17. The number of benzene rings is 1. The van der Waals surface area contributed by atoms with E-state index in [1.54, 1.807) is 7.11 Å². The van der Waals surface area contributed by atoms with Crippen molar-refractivity contribution in [1.29, 1.82) is 0 Å². The van der Waals surface area contributed by atoms with Gasteiger partial charge in [-0.2, -0.15) is 0 Å². The molecule has 0 saturated heterocycles. The number of ketones is 1. The molecule has 25 heavy (non-hydrogen) atoms. The zero-order valence-corrected chi connectivity index (χ0v) is 16.7.